The molecule has 2 rings (SSSR count). The van der Waals surface area contributed by atoms with Gasteiger partial charge in [-0.15, -0.1) is 0 Å². The van der Waals surface area contributed by atoms with Gasteiger partial charge in [0.1, 0.15) is 12.2 Å². The lowest BCUT2D eigenvalue weighted by molar-refractivity contribution is -0.118. The van der Waals surface area contributed by atoms with Gasteiger partial charge in [0.25, 0.3) is 0 Å². The highest BCUT2D eigenvalue weighted by Crippen LogP contribution is 2.06. The summed E-state index contributed by atoms with van der Waals surface area (Å²) in [6, 6.07) is -0.206. The molecule has 2 aliphatic rings. The van der Waals surface area contributed by atoms with Gasteiger partial charge in [-0.25, -0.2) is 9.98 Å². The molecular weight excluding hydrogens is 208 g/mol. The molecule has 0 saturated heterocycles. The minimum Gasteiger partial charge on any atom is -0.354 e. The quantitative estimate of drug-likeness (QED) is 0.595. The average Bonchev–Trinajstić information content (AvgIpc) is 2.72. The number of hydrogen-bond donors (Lipinski definition) is 2. The Bertz CT molecular complexity index is 408. The van der Waals surface area contributed by atoms with Crippen molar-refractivity contribution in [2.24, 2.45) is 20.0 Å². The van der Waals surface area contributed by atoms with Crippen LogP contribution >= 0.6 is 0 Å². The van der Waals surface area contributed by atoms with Gasteiger partial charge >= 0.3 is 0 Å². The largest absolute Gasteiger partial charge is 0.354 e. The monoisotopic (exact) mass is 220 g/mol. The van der Waals surface area contributed by atoms with E-state index in [0.29, 0.717) is 18.9 Å². The van der Waals surface area contributed by atoms with E-state index in [9.17, 15) is 4.79 Å². The third-order valence-electron chi connectivity index (χ3n) is 2.08. The first kappa shape index (κ1) is 10.5. The van der Waals surface area contributed by atoms with Crippen molar-refractivity contribution in [2.75, 3.05) is 13.1 Å². The summed E-state index contributed by atoms with van der Waals surface area (Å²) in [6.07, 6.45) is 3.03. The summed E-state index contributed by atoms with van der Waals surface area (Å²) in [5.41, 5.74) is 0. The molecule has 0 fully saturated rings. The minimum atomic E-state index is -0.206. The first-order valence-electron chi connectivity index (χ1n) is 4.94. The maximum atomic E-state index is 10.6. The zero-order valence-corrected chi connectivity index (χ0v) is 8.84. The van der Waals surface area contributed by atoms with Crippen LogP contribution in [0.4, 0.5) is 0 Å². The number of hydrogen-bond acceptors (Lipinski definition) is 5. The molecule has 2 N–H and O–H groups in total. The average molecular weight is 220 g/mol. The van der Waals surface area contributed by atoms with Crippen LogP contribution in [0.2, 0.25) is 0 Å². The van der Waals surface area contributed by atoms with Crippen LogP contribution in [0.5, 0.6) is 0 Å². The number of amides is 1. The Balaban J connectivity index is 1.93. The first-order chi connectivity index (χ1) is 7.77. The lowest BCUT2D eigenvalue weighted by atomic mass is 10.2. The van der Waals surface area contributed by atoms with E-state index >= 15 is 0 Å². The summed E-state index contributed by atoms with van der Waals surface area (Å²) in [6.45, 7) is 2.47. The van der Waals surface area contributed by atoms with Crippen molar-refractivity contribution < 1.29 is 4.79 Å². The second kappa shape index (κ2) is 4.65. The van der Waals surface area contributed by atoms with Crippen LogP contribution in [0, 0.1) is 0 Å². The molecule has 0 saturated carbocycles. The highest BCUT2D eigenvalue weighted by Gasteiger charge is 2.25. The van der Waals surface area contributed by atoms with Crippen LogP contribution in [0.15, 0.2) is 20.0 Å². The maximum absolute atomic E-state index is 10.6. The van der Waals surface area contributed by atoms with E-state index in [1.54, 1.807) is 6.34 Å². The van der Waals surface area contributed by atoms with Gasteiger partial charge in [-0.2, -0.15) is 0 Å². The lowest BCUT2D eigenvalue weighted by Gasteiger charge is -2.14. The Morgan fingerprint density at radius 1 is 1.69 bits per heavy atom. The Labute approximate surface area is 92.5 Å². The Morgan fingerprint density at radius 3 is 3.38 bits per heavy atom. The third-order valence-corrected chi connectivity index (χ3v) is 2.08. The van der Waals surface area contributed by atoms with Crippen molar-refractivity contribution in [2.45, 2.75) is 13.0 Å². The smallest absolute Gasteiger partial charge is 0.216 e. The molecule has 0 aliphatic carbocycles. The molecule has 1 atom stereocenters. The van der Waals surface area contributed by atoms with Crippen molar-refractivity contribution in [1.29, 1.82) is 0 Å². The topological polar surface area (TPSA) is 90.6 Å². The van der Waals surface area contributed by atoms with Gasteiger partial charge in [-0.1, -0.05) is 0 Å². The van der Waals surface area contributed by atoms with Gasteiger partial charge in [-0.05, 0) is 0 Å². The molecule has 2 aliphatic heterocycles. The molecule has 7 heteroatoms. The molecule has 1 unspecified atom stereocenters. The van der Waals surface area contributed by atoms with Crippen LogP contribution in [0.1, 0.15) is 6.92 Å². The third kappa shape index (κ3) is 2.30. The van der Waals surface area contributed by atoms with E-state index in [2.05, 4.69) is 30.6 Å². The van der Waals surface area contributed by atoms with Crippen molar-refractivity contribution in [3.05, 3.63) is 0 Å². The second-order valence-electron chi connectivity index (χ2n) is 3.31. The van der Waals surface area contributed by atoms with E-state index in [1.165, 1.54) is 13.3 Å². The molecule has 0 spiro atoms. The molecule has 1 amide bonds. The lowest BCUT2D eigenvalue weighted by Crippen LogP contribution is -2.40. The molecule has 0 aromatic carbocycles. The number of carbonyl (C=O) groups excluding carboxylic acids is 1. The molecule has 0 aromatic rings. The number of nitrogens with one attached hydrogen (secondary N) is 2. The van der Waals surface area contributed by atoms with Crippen molar-refractivity contribution in [3.8, 4) is 0 Å². The molecule has 0 bridgehead atoms. The molecule has 7 nitrogen and oxygen atoms in total. The number of rotatable bonds is 3. The summed E-state index contributed by atoms with van der Waals surface area (Å²) in [5.74, 6) is 1.31. The molecule has 84 valence electrons. The molecular formula is C9H12N6O. The highest BCUT2D eigenvalue weighted by molar-refractivity contribution is 6.21. The van der Waals surface area contributed by atoms with E-state index < -0.39 is 0 Å². The highest BCUT2D eigenvalue weighted by atomic mass is 16.1. The van der Waals surface area contributed by atoms with E-state index in [-0.39, 0.29) is 11.9 Å². The predicted octanol–water partition coefficient (Wildman–Crippen LogP) is -1.04. The number of nitrogens with zero attached hydrogens (tertiary/aromatic N) is 4. The van der Waals surface area contributed by atoms with Gasteiger partial charge < -0.3 is 10.6 Å². The fourth-order valence-electron chi connectivity index (χ4n) is 1.37. The molecule has 0 radical (unpaired) electrons. The van der Waals surface area contributed by atoms with Crippen LogP contribution < -0.4 is 10.6 Å². The van der Waals surface area contributed by atoms with E-state index in [1.807, 2.05) is 0 Å². The second-order valence-corrected chi connectivity index (χ2v) is 3.31. The van der Waals surface area contributed by atoms with Gasteiger partial charge in [0.15, 0.2) is 11.9 Å². The van der Waals surface area contributed by atoms with E-state index in [4.69, 9.17) is 0 Å². The first-order valence-corrected chi connectivity index (χ1v) is 4.94. The number of amidine groups is 2. The van der Waals surface area contributed by atoms with Gasteiger partial charge in [-0.3, -0.25) is 14.8 Å². The van der Waals surface area contributed by atoms with Crippen LogP contribution in [-0.4, -0.2) is 49.4 Å². The minimum absolute atomic E-state index is 0.0600. The van der Waals surface area contributed by atoms with Gasteiger partial charge in [0, 0.05) is 13.5 Å². The summed E-state index contributed by atoms with van der Waals surface area (Å²) < 4.78 is 0. The molecule has 2 heterocycles. The zero-order chi connectivity index (χ0) is 11.4. The van der Waals surface area contributed by atoms with Gasteiger partial charge in [0.2, 0.25) is 5.91 Å². The summed E-state index contributed by atoms with van der Waals surface area (Å²) in [7, 11) is 0. The van der Waals surface area contributed by atoms with Crippen LogP contribution in [0.3, 0.4) is 0 Å². The SMILES string of the molecule is CC(=O)NCCN=C1N=CNC2=NC=NC12. The number of fused-ring (bicyclic) bond motifs is 1. The fraction of sp³-hybridized carbons (Fsp3) is 0.444. The normalized spacial score (nSPS) is 23.9. The van der Waals surface area contributed by atoms with Crippen LogP contribution in [-0.2, 0) is 4.79 Å². The Kier molecular flexibility index (Phi) is 3.04. The van der Waals surface area contributed by atoms with Crippen molar-refractivity contribution in [1.82, 2.24) is 10.6 Å². The number of aliphatic imine (C=N–C) groups is 4. The van der Waals surface area contributed by atoms with Crippen LogP contribution in [0.25, 0.3) is 0 Å². The maximum Gasteiger partial charge on any atom is 0.216 e. The number of carbonyl (C=O) groups is 1. The van der Waals surface area contributed by atoms with E-state index in [0.717, 1.165) is 5.84 Å². The predicted molar refractivity (Wildman–Crippen MR) is 62.3 cm³/mol. The summed E-state index contributed by atoms with van der Waals surface area (Å²) in [5, 5.41) is 5.57. The summed E-state index contributed by atoms with van der Waals surface area (Å²) >= 11 is 0. The van der Waals surface area contributed by atoms with Crippen molar-refractivity contribution >= 4 is 30.3 Å². The van der Waals surface area contributed by atoms with Gasteiger partial charge in [0.05, 0.1) is 12.9 Å². The molecule has 0 aromatic heterocycles. The van der Waals surface area contributed by atoms with Crippen molar-refractivity contribution in [3.63, 3.8) is 0 Å². The standard InChI is InChI=1S/C9H12N6O/c1-6(16)10-2-3-11-8-7-9(13-4-12-7)15-5-14-8/h4-5,7H,2-3H2,1H3,(H,10,16)(H,11,12,13,14,15). The Morgan fingerprint density at radius 2 is 2.56 bits per heavy atom. The Hall–Kier alpha value is -2.05. The zero-order valence-electron chi connectivity index (χ0n) is 8.84. The fourth-order valence-corrected chi connectivity index (χ4v) is 1.37. The molecule has 16 heavy (non-hydrogen) atoms. The summed E-state index contributed by atoms with van der Waals surface area (Å²) in [4.78, 5) is 27.2.